The van der Waals surface area contributed by atoms with Gasteiger partial charge in [-0.25, -0.2) is 0 Å². The summed E-state index contributed by atoms with van der Waals surface area (Å²) in [5.74, 6) is 0. The Bertz CT molecular complexity index is 1210. The third-order valence-corrected chi connectivity index (χ3v) is 5.12. The zero-order valence-electron chi connectivity index (χ0n) is 21.1. The minimum atomic E-state index is 1.14. The Morgan fingerprint density at radius 1 is 0.600 bits per heavy atom. The maximum Gasteiger partial charge on any atom is -0.0177 e. The van der Waals surface area contributed by atoms with Gasteiger partial charge in [0, 0.05) is 0 Å². The fourth-order valence-corrected chi connectivity index (χ4v) is 3.38. The molecule has 0 N–H and O–H groups in total. The Morgan fingerprint density at radius 3 is 1.89 bits per heavy atom. The Balaban J connectivity index is 2.30. The van der Waals surface area contributed by atoms with Crippen molar-refractivity contribution in [1.82, 2.24) is 0 Å². The lowest BCUT2D eigenvalue weighted by Crippen LogP contribution is -1.87. The molecule has 0 radical (unpaired) electrons. The van der Waals surface area contributed by atoms with Gasteiger partial charge in [0.1, 0.15) is 0 Å². The van der Waals surface area contributed by atoms with E-state index in [4.69, 9.17) is 0 Å². The lowest BCUT2D eigenvalue weighted by Gasteiger charge is -2.09. The summed E-state index contributed by atoms with van der Waals surface area (Å²) in [5.41, 5.74) is 7.00. The van der Waals surface area contributed by atoms with Gasteiger partial charge in [-0.05, 0) is 66.3 Å². The highest BCUT2D eigenvalue weighted by Crippen LogP contribution is 2.27. The van der Waals surface area contributed by atoms with Gasteiger partial charge in [-0.15, -0.1) is 0 Å². The van der Waals surface area contributed by atoms with Crippen LogP contribution in [0.5, 0.6) is 0 Å². The predicted octanol–water partition coefficient (Wildman–Crippen LogP) is 10.3. The van der Waals surface area contributed by atoms with Crippen LogP contribution in [0.2, 0.25) is 0 Å². The third kappa shape index (κ3) is 9.70. The van der Waals surface area contributed by atoms with Gasteiger partial charge in [0.25, 0.3) is 0 Å². The first-order valence-electron chi connectivity index (χ1n) is 12.0. The van der Waals surface area contributed by atoms with E-state index in [2.05, 4.69) is 85.5 Å². The topological polar surface area (TPSA) is 0 Å². The first-order valence-corrected chi connectivity index (χ1v) is 12.0. The number of allylic oxidation sites excluding steroid dienone is 17. The van der Waals surface area contributed by atoms with Crippen molar-refractivity contribution in [1.29, 1.82) is 0 Å². The molecule has 0 amide bonds. The molecule has 0 aliphatic carbocycles. The molecule has 0 atom stereocenters. The van der Waals surface area contributed by atoms with Crippen LogP contribution in [0.15, 0.2) is 146 Å². The van der Waals surface area contributed by atoms with Gasteiger partial charge in [0.15, 0.2) is 0 Å². The Hall–Kier alpha value is -4.16. The van der Waals surface area contributed by atoms with Crippen molar-refractivity contribution in [2.45, 2.75) is 20.8 Å². The highest BCUT2D eigenvalue weighted by Gasteiger charge is 2.04. The fraction of sp³-hybridized carbons (Fsp3) is 0.0857. The van der Waals surface area contributed by atoms with E-state index in [1.54, 1.807) is 0 Å². The number of benzene rings is 2. The second-order valence-corrected chi connectivity index (χ2v) is 7.70. The van der Waals surface area contributed by atoms with E-state index < -0.39 is 0 Å². The summed E-state index contributed by atoms with van der Waals surface area (Å²) in [5, 5.41) is 0. The molecule has 2 rings (SSSR count). The monoisotopic (exact) mass is 456 g/mol. The molecule has 0 unspecified atom stereocenters. The van der Waals surface area contributed by atoms with Crippen LogP contribution < -0.4 is 0 Å². The van der Waals surface area contributed by atoms with Gasteiger partial charge < -0.3 is 0 Å². The second kappa shape index (κ2) is 16.5. The molecule has 2 aromatic rings. The highest BCUT2D eigenvalue weighted by molar-refractivity contribution is 5.80. The molecule has 0 saturated carbocycles. The Morgan fingerprint density at radius 2 is 1.23 bits per heavy atom. The third-order valence-electron chi connectivity index (χ3n) is 5.12. The first kappa shape index (κ1) is 27.1. The van der Waals surface area contributed by atoms with Crippen LogP contribution in [0.25, 0.3) is 28.9 Å². The molecule has 0 aliphatic heterocycles. The van der Waals surface area contributed by atoms with E-state index in [9.17, 15) is 0 Å². The maximum atomic E-state index is 3.99. The number of hydrogen-bond donors (Lipinski definition) is 0. The summed E-state index contributed by atoms with van der Waals surface area (Å²) in [6.45, 7) is 10.1. The summed E-state index contributed by atoms with van der Waals surface area (Å²) >= 11 is 0. The SMILES string of the molecule is C=Cc1cc(-c2cccc(C(/C=C/C=C/C)=C/C=C\C=C/C=C/C=C\C=C/C)c2)ccc1/C=C\C. The lowest BCUT2D eigenvalue weighted by molar-refractivity contribution is 1.55. The van der Waals surface area contributed by atoms with Crippen molar-refractivity contribution in [3.63, 3.8) is 0 Å². The number of hydrogen-bond acceptors (Lipinski definition) is 0. The quantitative estimate of drug-likeness (QED) is 0.295. The van der Waals surface area contributed by atoms with Gasteiger partial charge in [-0.2, -0.15) is 0 Å². The van der Waals surface area contributed by atoms with E-state index in [0.29, 0.717) is 0 Å². The van der Waals surface area contributed by atoms with Gasteiger partial charge in [-0.1, -0.05) is 146 Å². The van der Waals surface area contributed by atoms with Crippen LogP contribution >= 0.6 is 0 Å². The second-order valence-electron chi connectivity index (χ2n) is 7.70. The van der Waals surface area contributed by atoms with Crippen LogP contribution in [0.4, 0.5) is 0 Å². The van der Waals surface area contributed by atoms with E-state index in [0.717, 1.165) is 11.1 Å². The molecule has 0 bridgehead atoms. The van der Waals surface area contributed by atoms with E-state index in [-0.39, 0.29) is 0 Å². The average Bonchev–Trinajstić information content (AvgIpc) is 2.89. The fourth-order valence-electron chi connectivity index (χ4n) is 3.38. The molecule has 0 heterocycles. The molecule has 2 aromatic carbocycles. The Labute approximate surface area is 212 Å². The van der Waals surface area contributed by atoms with Gasteiger partial charge in [-0.3, -0.25) is 0 Å². The van der Waals surface area contributed by atoms with Gasteiger partial charge in [0.05, 0.1) is 0 Å². The van der Waals surface area contributed by atoms with Crippen LogP contribution in [-0.2, 0) is 0 Å². The maximum absolute atomic E-state index is 3.99. The lowest BCUT2D eigenvalue weighted by atomic mass is 9.95. The van der Waals surface area contributed by atoms with Crippen LogP contribution in [0.1, 0.15) is 37.5 Å². The minimum absolute atomic E-state index is 1.14. The van der Waals surface area contributed by atoms with Crippen LogP contribution in [-0.4, -0.2) is 0 Å². The number of rotatable bonds is 11. The molecule has 0 nitrogen and oxygen atoms in total. The summed E-state index contributed by atoms with van der Waals surface area (Å²) in [7, 11) is 0. The average molecular weight is 457 g/mol. The smallest absolute Gasteiger partial charge is 0.0177 e. The van der Waals surface area contributed by atoms with Crippen molar-refractivity contribution in [2.24, 2.45) is 0 Å². The standard InChI is InChI=1S/C35H36/c1-5-9-11-12-13-14-15-16-17-19-23-32(22-18-10-6-2)33-24-20-25-34(29-33)35-27-26-31(21-7-3)30(8-4)28-35/h5-29H,4H2,1-3H3/b9-5-,10-6+,12-11-,14-13+,16-15-,19-17-,21-7-,22-18+,32-23+. The van der Waals surface area contributed by atoms with Crippen molar-refractivity contribution in [3.8, 4) is 11.1 Å². The largest absolute Gasteiger partial charge is 0.0984 e. The highest BCUT2D eigenvalue weighted by atomic mass is 14.1. The van der Waals surface area contributed by atoms with Crippen molar-refractivity contribution < 1.29 is 0 Å². The Kier molecular flexibility index (Phi) is 12.7. The molecule has 35 heavy (non-hydrogen) atoms. The molecule has 0 aromatic heterocycles. The molecular formula is C35H36. The molecule has 0 spiro atoms. The molecule has 176 valence electrons. The zero-order chi connectivity index (χ0) is 25.1. The van der Waals surface area contributed by atoms with Crippen molar-refractivity contribution in [3.05, 3.63) is 163 Å². The van der Waals surface area contributed by atoms with Crippen LogP contribution in [0.3, 0.4) is 0 Å². The molecule has 0 fully saturated rings. The summed E-state index contributed by atoms with van der Waals surface area (Å²) in [4.78, 5) is 0. The molecule has 0 aliphatic rings. The summed E-state index contributed by atoms with van der Waals surface area (Å²) in [6.07, 6.45) is 36.8. The predicted molar refractivity (Wildman–Crippen MR) is 160 cm³/mol. The van der Waals surface area contributed by atoms with E-state index in [1.807, 2.05) is 93.7 Å². The van der Waals surface area contributed by atoms with Crippen molar-refractivity contribution >= 4 is 17.7 Å². The zero-order valence-corrected chi connectivity index (χ0v) is 21.1. The molecule has 0 saturated heterocycles. The molecule has 0 heteroatoms. The minimum Gasteiger partial charge on any atom is -0.0984 e. The summed E-state index contributed by atoms with van der Waals surface area (Å²) in [6, 6.07) is 15.2. The van der Waals surface area contributed by atoms with E-state index >= 15 is 0 Å². The van der Waals surface area contributed by atoms with Gasteiger partial charge >= 0.3 is 0 Å². The van der Waals surface area contributed by atoms with Crippen molar-refractivity contribution in [2.75, 3.05) is 0 Å². The first-order chi connectivity index (χ1) is 17.2. The van der Waals surface area contributed by atoms with E-state index in [1.165, 1.54) is 22.3 Å². The normalized spacial score (nSPS) is 13.5. The van der Waals surface area contributed by atoms with Gasteiger partial charge in [0.2, 0.25) is 0 Å². The van der Waals surface area contributed by atoms with Crippen LogP contribution in [0, 0.1) is 0 Å². The summed E-state index contributed by atoms with van der Waals surface area (Å²) < 4.78 is 0. The molecular weight excluding hydrogens is 420 g/mol.